The Morgan fingerprint density at radius 3 is 2.45 bits per heavy atom. The van der Waals surface area contributed by atoms with Crippen LogP contribution in [-0.4, -0.2) is 23.9 Å². The van der Waals surface area contributed by atoms with Crippen LogP contribution in [0.5, 0.6) is 5.75 Å². The summed E-state index contributed by atoms with van der Waals surface area (Å²) in [5.74, 6) is -0.772. The lowest BCUT2D eigenvalue weighted by molar-refractivity contribution is -0.131. The van der Waals surface area contributed by atoms with Gasteiger partial charge in [0.15, 0.2) is 0 Å². The number of hydrogen-bond donors (Lipinski definition) is 0. The van der Waals surface area contributed by atoms with Crippen LogP contribution in [0.15, 0.2) is 31.0 Å². The van der Waals surface area contributed by atoms with E-state index in [-0.39, 0.29) is 26.2 Å². The van der Waals surface area contributed by atoms with Gasteiger partial charge in [-0.05, 0) is 18.2 Å². The maximum absolute atomic E-state index is 12.8. The lowest BCUT2D eigenvalue weighted by Gasteiger charge is -2.13. The van der Waals surface area contributed by atoms with Crippen molar-refractivity contribution in [2.45, 2.75) is 12.4 Å². The molecule has 0 aliphatic carbocycles. The van der Waals surface area contributed by atoms with Crippen molar-refractivity contribution in [1.29, 1.82) is 0 Å². The number of aromatic nitrogens is 1. The highest BCUT2D eigenvalue weighted by molar-refractivity contribution is 7.90. The molecule has 1 aromatic heterocycles. The third kappa shape index (κ3) is 2.47. The summed E-state index contributed by atoms with van der Waals surface area (Å²) < 4.78 is 66.5. The second-order valence-electron chi connectivity index (χ2n) is 4.28. The standard InChI is InChI=1S/C13H10F3NO4S/c1-3-10-11(21-8(2)18)5-4-9-6-7-17(12(9)10)22(19,20)13(14,15)16/h3-7H,1H2,2H3. The average molecular weight is 333 g/mol. The topological polar surface area (TPSA) is 65.4 Å². The molecule has 0 saturated heterocycles. The van der Waals surface area contributed by atoms with E-state index in [1.807, 2.05) is 0 Å². The van der Waals surface area contributed by atoms with Gasteiger partial charge >= 0.3 is 21.5 Å². The molecule has 0 radical (unpaired) electrons. The number of carbonyl (C=O) groups is 1. The zero-order valence-electron chi connectivity index (χ0n) is 11.2. The predicted molar refractivity (Wildman–Crippen MR) is 73.7 cm³/mol. The smallest absolute Gasteiger partial charge is 0.426 e. The van der Waals surface area contributed by atoms with Gasteiger partial charge in [-0.25, -0.2) is 3.97 Å². The average Bonchev–Trinajstić information content (AvgIpc) is 2.81. The van der Waals surface area contributed by atoms with Crippen molar-refractivity contribution in [2.24, 2.45) is 0 Å². The molecule has 0 amide bonds. The Bertz CT molecular complexity index is 865. The molecule has 0 aliphatic rings. The molecule has 0 bridgehead atoms. The van der Waals surface area contributed by atoms with Gasteiger partial charge in [0.25, 0.3) is 0 Å². The molecule has 0 unspecified atom stereocenters. The molecule has 2 aromatic rings. The number of esters is 1. The molecule has 0 aliphatic heterocycles. The van der Waals surface area contributed by atoms with E-state index in [0.717, 1.165) is 19.2 Å². The van der Waals surface area contributed by atoms with Crippen molar-refractivity contribution in [2.75, 3.05) is 0 Å². The minimum atomic E-state index is -5.61. The van der Waals surface area contributed by atoms with Crippen molar-refractivity contribution in [3.8, 4) is 5.75 Å². The Hall–Kier alpha value is -2.29. The number of carbonyl (C=O) groups excluding carboxylic acids is 1. The van der Waals surface area contributed by atoms with Crippen molar-refractivity contribution < 1.29 is 31.1 Å². The van der Waals surface area contributed by atoms with Crippen LogP contribution in [0.2, 0.25) is 0 Å². The number of rotatable bonds is 3. The largest absolute Gasteiger partial charge is 0.517 e. The third-order valence-electron chi connectivity index (χ3n) is 2.83. The summed E-state index contributed by atoms with van der Waals surface area (Å²) in [4.78, 5) is 11.0. The normalized spacial score (nSPS) is 12.4. The summed E-state index contributed by atoms with van der Waals surface area (Å²) >= 11 is 0. The van der Waals surface area contributed by atoms with E-state index in [2.05, 4.69) is 6.58 Å². The van der Waals surface area contributed by atoms with E-state index in [1.54, 1.807) is 0 Å². The van der Waals surface area contributed by atoms with Crippen LogP contribution in [0.4, 0.5) is 13.2 Å². The van der Waals surface area contributed by atoms with Crippen LogP contribution in [-0.2, 0) is 14.8 Å². The Kier molecular flexibility index (Phi) is 3.78. The number of nitrogens with zero attached hydrogens (tertiary/aromatic N) is 1. The molecule has 22 heavy (non-hydrogen) atoms. The molecule has 0 atom stereocenters. The maximum atomic E-state index is 12.8. The van der Waals surface area contributed by atoms with Crippen molar-refractivity contribution in [3.63, 3.8) is 0 Å². The summed E-state index contributed by atoms with van der Waals surface area (Å²) in [5.41, 5.74) is -5.74. The van der Waals surface area contributed by atoms with Crippen LogP contribution < -0.4 is 4.74 Å². The van der Waals surface area contributed by atoms with Crippen LogP contribution in [0, 0.1) is 0 Å². The van der Waals surface area contributed by atoms with E-state index < -0.39 is 21.5 Å². The molecule has 0 spiro atoms. The fourth-order valence-electron chi connectivity index (χ4n) is 1.96. The van der Waals surface area contributed by atoms with Crippen molar-refractivity contribution >= 4 is 33.0 Å². The SMILES string of the molecule is C=Cc1c(OC(C)=O)ccc2ccn(S(=O)(=O)C(F)(F)F)c12. The molecule has 9 heteroatoms. The van der Waals surface area contributed by atoms with Crippen LogP contribution in [0.1, 0.15) is 12.5 Å². The van der Waals surface area contributed by atoms with E-state index in [1.165, 1.54) is 18.2 Å². The van der Waals surface area contributed by atoms with E-state index >= 15 is 0 Å². The minimum Gasteiger partial charge on any atom is -0.426 e. The second-order valence-corrected chi connectivity index (χ2v) is 6.08. The summed E-state index contributed by atoms with van der Waals surface area (Å²) in [6.07, 6.45) is 1.92. The monoisotopic (exact) mass is 333 g/mol. The van der Waals surface area contributed by atoms with Gasteiger partial charge < -0.3 is 4.74 Å². The first kappa shape index (κ1) is 16.1. The number of ether oxygens (including phenoxy) is 1. The molecule has 1 aromatic carbocycles. The summed E-state index contributed by atoms with van der Waals surface area (Å²) in [6, 6.07) is 3.91. The summed E-state index contributed by atoms with van der Waals surface area (Å²) in [7, 11) is -5.61. The molecular formula is C13H10F3NO4S. The van der Waals surface area contributed by atoms with Gasteiger partial charge in [0, 0.05) is 24.1 Å². The zero-order chi connectivity index (χ0) is 16.7. The van der Waals surface area contributed by atoms with Gasteiger partial charge in [0.2, 0.25) is 0 Å². The zero-order valence-corrected chi connectivity index (χ0v) is 12.0. The number of benzene rings is 1. The highest BCUT2D eigenvalue weighted by atomic mass is 32.2. The molecule has 2 rings (SSSR count). The minimum absolute atomic E-state index is 0.0227. The van der Waals surface area contributed by atoms with E-state index in [9.17, 15) is 26.4 Å². The second kappa shape index (κ2) is 5.16. The number of alkyl halides is 3. The Balaban J connectivity index is 2.84. The van der Waals surface area contributed by atoms with Crippen molar-refractivity contribution in [3.05, 3.63) is 36.5 Å². The van der Waals surface area contributed by atoms with Gasteiger partial charge in [0.1, 0.15) is 5.75 Å². The Morgan fingerprint density at radius 1 is 1.32 bits per heavy atom. The van der Waals surface area contributed by atoms with Crippen molar-refractivity contribution in [1.82, 2.24) is 3.97 Å². The lowest BCUT2D eigenvalue weighted by Crippen LogP contribution is -2.29. The van der Waals surface area contributed by atoms with E-state index in [4.69, 9.17) is 4.74 Å². The molecule has 0 N–H and O–H groups in total. The van der Waals surface area contributed by atoms with Gasteiger partial charge in [-0.2, -0.15) is 21.6 Å². The fraction of sp³-hybridized carbons (Fsp3) is 0.154. The third-order valence-corrected chi connectivity index (χ3v) is 4.23. The van der Waals surface area contributed by atoms with Gasteiger partial charge in [-0.15, -0.1) is 0 Å². The summed E-state index contributed by atoms with van der Waals surface area (Å²) in [6.45, 7) is 4.55. The molecule has 0 fully saturated rings. The molecular weight excluding hydrogens is 323 g/mol. The first-order chi connectivity index (χ1) is 10.1. The number of halogens is 3. The quantitative estimate of drug-likeness (QED) is 0.640. The Labute approximate surface area is 123 Å². The fourth-order valence-corrected chi connectivity index (χ4v) is 2.85. The predicted octanol–water partition coefficient (Wildman–Crippen LogP) is 2.91. The van der Waals surface area contributed by atoms with Gasteiger partial charge in [0.05, 0.1) is 5.52 Å². The number of fused-ring (bicyclic) bond motifs is 1. The first-order valence-corrected chi connectivity index (χ1v) is 7.30. The van der Waals surface area contributed by atoms with Crippen LogP contribution in [0.3, 0.4) is 0 Å². The maximum Gasteiger partial charge on any atom is 0.517 e. The molecule has 0 saturated carbocycles. The van der Waals surface area contributed by atoms with Crippen LogP contribution in [0.25, 0.3) is 17.0 Å². The molecule has 1 heterocycles. The van der Waals surface area contributed by atoms with Gasteiger partial charge in [-0.3, -0.25) is 4.79 Å². The van der Waals surface area contributed by atoms with E-state index in [0.29, 0.717) is 0 Å². The lowest BCUT2D eigenvalue weighted by atomic mass is 10.1. The Morgan fingerprint density at radius 2 is 1.95 bits per heavy atom. The highest BCUT2D eigenvalue weighted by Crippen LogP contribution is 2.34. The van der Waals surface area contributed by atoms with Crippen LogP contribution >= 0.6 is 0 Å². The molecule has 118 valence electrons. The first-order valence-electron chi connectivity index (χ1n) is 5.86. The summed E-state index contributed by atoms with van der Waals surface area (Å²) in [5, 5.41) is 0.235. The molecule has 5 nitrogen and oxygen atoms in total. The highest BCUT2D eigenvalue weighted by Gasteiger charge is 2.48. The number of hydrogen-bond acceptors (Lipinski definition) is 4. The van der Waals surface area contributed by atoms with Gasteiger partial charge in [-0.1, -0.05) is 12.7 Å².